The zero-order valence-electron chi connectivity index (χ0n) is 9.04. The molecule has 0 spiro atoms. The lowest BCUT2D eigenvalue weighted by atomic mass is 10.1. The predicted octanol–water partition coefficient (Wildman–Crippen LogP) is -0.189. The lowest BCUT2D eigenvalue weighted by Crippen LogP contribution is -2.45. The van der Waals surface area contributed by atoms with Gasteiger partial charge in [-0.15, -0.1) is 0 Å². The molecule has 0 aromatic heterocycles. The molecule has 0 saturated heterocycles. The fourth-order valence-corrected chi connectivity index (χ4v) is 1.64. The van der Waals surface area contributed by atoms with E-state index in [2.05, 4.69) is 5.32 Å². The predicted molar refractivity (Wildman–Crippen MR) is 60.2 cm³/mol. The molecule has 1 amide bonds. The first-order chi connectivity index (χ1) is 6.43. The Kier molecular flexibility index (Phi) is 6.15. The molecule has 0 aromatic rings. The molecule has 2 unspecified atom stereocenters. The van der Waals surface area contributed by atoms with Crippen LogP contribution < -0.4 is 11.1 Å². The summed E-state index contributed by atoms with van der Waals surface area (Å²) < 4.78 is 0. The number of thioether (sulfide) groups is 1. The molecule has 0 aliphatic rings. The summed E-state index contributed by atoms with van der Waals surface area (Å²) in [7, 11) is 0. The molecule has 5 heteroatoms. The van der Waals surface area contributed by atoms with Crippen molar-refractivity contribution in [1.29, 1.82) is 0 Å². The van der Waals surface area contributed by atoms with Gasteiger partial charge in [0.1, 0.15) is 0 Å². The first kappa shape index (κ1) is 13.7. The highest BCUT2D eigenvalue weighted by atomic mass is 32.2. The molecular weight excluding hydrogens is 200 g/mol. The summed E-state index contributed by atoms with van der Waals surface area (Å²) in [5.41, 5.74) is 4.50. The topological polar surface area (TPSA) is 75.3 Å². The second-order valence-electron chi connectivity index (χ2n) is 3.78. The van der Waals surface area contributed by atoms with Gasteiger partial charge in [0.05, 0.1) is 5.60 Å². The molecular formula is C9H20N2O2S. The number of hydrogen-bond acceptors (Lipinski definition) is 4. The van der Waals surface area contributed by atoms with Gasteiger partial charge in [-0.2, -0.15) is 11.8 Å². The molecule has 0 aliphatic heterocycles. The highest BCUT2D eigenvalue weighted by molar-refractivity contribution is 7.98. The van der Waals surface area contributed by atoms with E-state index in [1.54, 1.807) is 25.6 Å². The van der Waals surface area contributed by atoms with E-state index in [9.17, 15) is 9.90 Å². The van der Waals surface area contributed by atoms with Crippen LogP contribution >= 0.6 is 11.8 Å². The molecule has 0 radical (unpaired) electrons. The van der Waals surface area contributed by atoms with Crippen LogP contribution in [0.25, 0.3) is 0 Å². The van der Waals surface area contributed by atoms with Crippen LogP contribution in [-0.2, 0) is 4.79 Å². The number of hydrogen-bond donors (Lipinski definition) is 3. The zero-order chi connectivity index (χ0) is 11.2. The number of carbonyl (C=O) groups excluding carboxylic acids is 1. The van der Waals surface area contributed by atoms with Crippen molar-refractivity contribution in [3.8, 4) is 0 Å². The summed E-state index contributed by atoms with van der Waals surface area (Å²) in [5, 5.41) is 12.4. The van der Waals surface area contributed by atoms with Crippen LogP contribution in [-0.4, -0.2) is 41.7 Å². The van der Waals surface area contributed by atoms with Crippen molar-refractivity contribution in [2.24, 2.45) is 11.7 Å². The number of amides is 1. The van der Waals surface area contributed by atoms with Crippen molar-refractivity contribution in [3.05, 3.63) is 0 Å². The Hall–Kier alpha value is -0.260. The normalized spacial score (nSPS) is 17.2. The molecule has 0 aliphatic carbocycles. The largest absolute Gasteiger partial charge is 0.387 e. The highest BCUT2D eigenvalue weighted by Gasteiger charge is 2.21. The summed E-state index contributed by atoms with van der Waals surface area (Å²) in [6.07, 6.45) is 1.92. The number of nitrogens with one attached hydrogen (secondary N) is 1. The second kappa shape index (κ2) is 6.27. The number of nitrogens with two attached hydrogens (primary N) is 1. The van der Waals surface area contributed by atoms with Crippen LogP contribution in [0.2, 0.25) is 0 Å². The Balaban J connectivity index is 3.87. The third-order valence-electron chi connectivity index (χ3n) is 1.90. The molecule has 0 fully saturated rings. The Bertz CT molecular complexity index is 186. The number of carbonyl (C=O) groups is 1. The molecule has 4 nitrogen and oxygen atoms in total. The van der Waals surface area contributed by atoms with E-state index in [0.717, 1.165) is 0 Å². The van der Waals surface area contributed by atoms with Crippen LogP contribution in [0.5, 0.6) is 0 Å². The van der Waals surface area contributed by atoms with Gasteiger partial charge in [-0.05, 0) is 13.2 Å². The minimum atomic E-state index is -0.844. The van der Waals surface area contributed by atoms with E-state index >= 15 is 0 Å². The fourth-order valence-electron chi connectivity index (χ4n) is 0.921. The maximum atomic E-state index is 11.3. The summed E-state index contributed by atoms with van der Waals surface area (Å²) in [6, 6.07) is 0. The number of aliphatic hydroxyl groups is 1. The SMILES string of the molecule is CSCC(C)(O)CNC(=O)C(C)CN. The second-order valence-corrected chi connectivity index (χ2v) is 4.65. The highest BCUT2D eigenvalue weighted by Crippen LogP contribution is 2.09. The van der Waals surface area contributed by atoms with Crippen LogP contribution in [0.4, 0.5) is 0 Å². The van der Waals surface area contributed by atoms with Crippen molar-refractivity contribution < 1.29 is 9.90 Å². The van der Waals surface area contributed by atoms with Gasteiger partial charge in [-0.3, -0.25) is 4.79 Å². The maximum Gasteiger partial charge on any atom is 0.224 e. The monoisotopic (exact) mass is 220 g/mol. The Morgan fingerprint density at radius 3 is 2.71 bits per heavy atom. The zero-order valence-corrected chi connectivity index (χ0v) is 9.86. The molecule has 2 atom stereocenters. The molecule has 84 valence electrons. The Morgan fingerprint density at radius 1 is 1.71 bits per heavy atom. The maximum absolute atomic E-state index is 11.3. The first-order valence-electron chi connectivity index (χ1n) is 4.62. The molecule has 0 bridgehead atoms. The lowest BCUT2D eigenvalue weighted by molar-refractivity contribution is -0.125. The van der Waals surface area contributed by atoms with E-state index in [0.29, 0.717) is 12.3 Å². The van der Waals surface area contributed by atoms with Gasteiger partial charge in [-0.1, -0.05) is 6.92 Å². The fraction of sp³-hybridized carbons (Fsp3) is 0.889. The van der Waals surface area contributed by atoms with E-state index in [1.165, 1.54) is 0 Å². The molecule has 4 N–H and O–H groups in total. The van der Waals surface area contributed by atoms with Gasteiger partial charge < -0.3 is 16.2 Å². The third-order valence-corrected chi connectivity index (χ3v) is 2.81. The minimum absolute atomic E-state index is 0.103. The third kappa shape index (κ3) is 5.47. The van der Waals surface area contributed by atoms with Crippen LogP contribution in [0.15, 0.2) is 0 Å². The van der Waals surface area contributed by atoms with Crippen LogP contribution in [0.3, 0.4) is 0 Å². The first-order valence-corrected chi connectivity index (χ1v) is 6.01. The average Bonchev–Trinajstić information content (AvgIpc) is 2.13. The lowest BCUT2D eigenvalue weighted by Gasteiger charge is -2.23. The molecule has 0 saturated carbocycles. The Labute approximate surface area is 89.6 Å². The van der Waals surface area contributed by atoms with Gasteiger partial charge >= 0.3 is 0 Å². The van der Waals surface area contributed by atoms with Crippen molar-refractivity contribution >= 4 is 17.7 Å². The number of rotatable bonds is 6. The quantitative estimate of drug-likeness (QED) is 0.580. The Morgan fingerprint density at radius 2 is 2.29 bits per heavy atom. The average molecular weight is 220 g/mol. The molecule has 0 aromatic carbocycles. The van der Waals surface area contributed by atoms with Gasteiger partial charge in [0.15, 0.2) is 0 Å². The summed E-state index contributed by atoms with van der Waals surface area (Å²) in [4.78, 5) is 11.3. The van der Waals surface area contributed by atoms with E-state index in [1.807, 2.05) is 6.26 Å². The van der Waals surface area contributed by atoms with E-state index < -0.39 is 5.60 Å². The molecule has 0 heterocycles. The standard InChI is InChI=1S/C9H20N2O2S/c1-7(4-10)8(12)11-5-9(2,13)6-14-3/h7,13H,4-6,10H2,1-3H3,(H,11,12). The van der Waals surface area contributed by atoms with Crippen molar-refractivity contribution in [2.75, 3.05) is 25.1 Å². The van der Waals surface area contributed by atoms with Crippen molar-refractivity contribution in [3.63, 3.8) is 0 Å². The van der Waals surface area contributed by atoms with Gasteiger partial charge in [0, 0.05) is 24.8 Å². The van der Waals surface area contributed by atoms with Crippen LogP contribution in [0, 0.1) is 5.92 Å². The molecule has 0 rings (SSSR count). The van der Waals surface area contributed by atoms with E-state index in [-0.39, 0.29) is 18.4 Å². The van der Waals surface area contributed by atoms with E-state index in [4.69, 9.17) is 5.73 Å². The van der Waals surface area contributed by atoms with Gasteiger partial charge in [0.2, 0.25) is 5.91 Å². The van der Waals surface area contributed by atoms with Crippen LogP contribution in [0.1, 0.15) is 13.8 Å². The smallest absolute Gasteiger partial charge is 0.224 e. The minimum Gasteiger partial charge on any atom is -0.387 e. The molecule has 14 heavy (non-hydrogen) atoms. The summed E-state index contributed by atoms with van der Waals surface area (Å²) in [5.74, 6) is 0.304. The van der Waals surface area contributed by atoms with Gasteiger partial charge in [-0.25, -0.2) is 0 Å². The van der Waals surface area contributed by atoms with Crippen molar-refractivity contribution in [2.45, 2.75) is 19.4 Å². The summed E-state index contributed by atoms with van der Waals surface area (Å²) >= 11 is 1.55. The summed E-state index contributed by atoms with van der Waals surface area (Å²) in [6.45, 7) is 4.07. The van der Waals surface area contributed by atoms with Gasteiger partial charge in [0.25, 0.3) is 0 Å². The van der Waals surface area contributed by atoms with Crippen molar-refractivity contribution in [1.82, 2.24) is 5.32 Å².